The number of carbonyl (C=O) groups excluding carboxylic acids is 3. The first-order valence-corrected chi connectivity index (χ1v) is 9.42. The van der Waals surface area contributed by atoms with E-state index >= 15 is 0 Å². The van der Waals surface area contributed by atoms with Gasteiger partial charge >= 0.3 is 5.69 Å². The average molecular weight is 401 g/mol. The first kappa shape index (κ1) is 20.3. The maximum absolute atomic E-state index is 12.4. The van der Waals surface area contributed by atoms with E-state index < -0.39 is 23.2 Å². The number of likely N-dealkylation sites (tertiary alicyclic amines) is 1. The molecule has 154 valence electrons. The van der Waals surface area contributed by atoms with Crippen molar-refractivity contribution in [2.45, 2.75) is 31.8 Å². The number of hydrogen-bond acceptors (Lipinski definition) is 5. The Morgan fingerprint density at radius 3 is 2.72 bits per heavy atom. The molecule has 10 nitrogen and oxygen atoms in total. The molecule has 3 amide bonds. The van der Waals surface area contributed by atoms with Crippen molar-refractivity contribution >= 4 is 28.6 Å². The molecule has 0 radical (unpaired) electrons. The van der Waals surface area contributed by atoms with E-state index in [0.29, 0.717) is 23.9 Å². The average Bonchev–Trinajstić information content (AvgIpc) is 3.21. The molecule has 0 spiro atoms. The Morgan fingerprint density at radius 2 is 1.97 bits per heavy atom. The molecule has 2 heterocycles. The van der Waals surface area contributed by atoms with E-state index in [0.717, 1.165) is 6.42 Å². The maximum atomic E-state index is 12.4. The van der Waals surface area contributed by atoms with Gasteiger partial charge in [0.1, 0.15) is 6.04 Å². The Labute approximate surface area is 165 Å². The van der Waals surface area contributed by atoms with Crippen molar-refractivity contribution in [1.29, 1.82) is 0 Å². The van der Waals surface area contributed by atoms with Crippen LogP contribution in [0.2, 0.25) is 0 Å². The number of hydrogen-bond donors (Lipinski definition) is 3. The topological polar surface area (TPSA) is 133 Å². The van der Waals surface area contributed by atoms with Crippen molar-refractivity contribution in [2.24, 2.45) is 0 Å². The molecule has 2 aromatic rings. The Balaban J connectivity index is 1.59. The van der Waals surface area contributed by atoms with Crippen molar-refractivity contribution in [3.63, 3.8) is 0 Å². The van der Waals surface area contributed by atoms with Gasteiger partial charge in [0.2, 0.25) is 17.7 Å². The summed E-state index contributed by atoms with van der Waals surface area (Å²) in [5, 5.41) is 5.44. The molecule has 1 fully saturated rings. The number of rotatable bonds is 6. The standard InChI is InChI=1S/C19H23N5O5/c1-20-18(28)14-7-4-9-23(14)16(26)11-21-15(25)8-10-24-13-6-3-2-5-12(13)17(27)22-19(24)29/h2-3,5-6,14H,4,7-11H2,1H3,(H,20,28)(H,21,25)(H,22,27,29). The molecule has 1 aliphatic heterocycles. The first-order chi connectivity index (χ1) is 13.9. The summed E-state index contributed by atoms with van der Waals surface area (Å²) in [5.74, 6) is -0.946. The Kier molecular flexibility index (Phi) is 6.10. The van der Waals surface area contributed by atoms with Crippen LogP contribution in [0.25, 0.3) is 10.9 Å². The van der Waals surface area contributed by atoms with Crippen LogP contribution in [0.3, 0.4) is 0 Å². The number of carbonyl (C=O) groups is 3. The number of aromatic amines is 1. The number of amides is 3. The highest BCUT2D eigenvalue weighted by molar-refractivity contribution is 5.90. The van der Waals surface area contributed by atoms with Crippen molar-refractivity contribution < 1.29 is 14.4 Å². The lowest BCUT2D eigenvalue weighted by Crippen LogP contribution is -2.48. The first-order valence-electron chi connectivity index (χ1n) is 9.42. The van der Waals surface area contributed by atoms with Crippen LogP contribution in [0.1, 0.15) is 19.3 Å². The summed E-state index contributed by atoms with van der Waals surface area (Å²) in [6.07, 6.45) is 1.30. The third-order valence-corrected chi connectivity index (χ3v) is 5.03. The molecule has 29 heavy (non-hydrogen) atoms. The summed E-state index contributed by atoms with van der Waals surface area (Å²) in [7, 11) is 1.52. The Bertz CT molecular complexity index is 1060. The van der Waals surface area contributed by atoms with Gasteiger partial charge in [0.25, 0.3) is 5.56 Å². The maximum Gasteiger partial charge on any atom is 0.328 e. The molecule has 0 saturated carbocycles. The summed E-state index contributed by atoms with van der Waals surface area (Å²) >= 11 is 0. The zero-order valence-electron chi connectivity index (χ0n) is 16.1. The highest BCUT2D eigenvalue weighted by atomic mass is 16.2. The molecule has 3 N–H and O–H groups in total. The molecule has 1 atom stereocenters. The number of H-pyrrole nitrogens is 1. The summed E-state index contributed by atoms with van der Waals surface area (Å²) in [5.41, 5.74) is -0.633. The number of fused-ring (bicyclic) bond motifs is 1. The van der Waals surface area contributed by atoms with E-state index in [4.69, 9.17) is 0 Å². The van der Waals surface area contributed by atoms with Gasteiger partial charge in [-0.15, -0.1) is 0 Å². The minimum atomic E-state index is -0.594. The Morgan fingerprint density at radius 1 is 1.21 bits per heavy atom. The number of nitrogens with one attached hydrogen (secondary N) is 3. The van der Waals surface area contributed by atoms with Gasteiger partial charge in [0.15, 0.2) is 0 Å². The highest BCUT2D eigenvalue weighted by Gasteiger charge is 2.33. The van der Waals surface area contributed by atoms with Crippen LogP contribution in [0.5, 0.6) is 0 Å². The number of aryl methyl sites for hydroxylation is 1. The van der Waals surface area contributed by atoms with Crippen LogP contribution < -0.4 is 21.9 Å². The lowest BCUT2D eigenvalue weighted by molar-refractivity contribution is -0.138. The molecule has 1 aliphatic rings. The quantitative estimate of drug-likeness (QED) is 0.567. The fourth-order valence-electron chi connectivity index (χ4n) is 3.55. The van der Waals surface area contributed by atoms with Gasteiger partial charge < -0.3 is 15.5 Å². The summed E-state index contributed by atoms with van der Waals surface area (Å²) in [6.45, 7) is 0.319. The SMILES string of the molecule is CNC(=O)C1CCCN1C(=O)CNC(=O)CCn1c(=O)[nH]c(=O)c2ccccc21. The summed E-state index contributed by atoms with van der Waals surface area (Å²) in [6, 6.07) is 6.13. The van der Waals surface area contributed by atoms with Crippen molar-refractivity contribution in [1.82, 2.24) is 25.1 Å². The predicted octanol–water partition coefficient (Wildman–Crippen LogP) is -1.07. The second kappa shape index (κ2) is 8.72. The number of benzene rings is 1. The third kappa shape index (κ3) is 4.36. The van der Waals surface area contributed by atoms with Crippen molar-refractivity contribution in [2.75, 3.05) is 20.1 Å². The zero-order chi connectivity index (χ0) is 21.0. The minimum absolute atomic E-state index is 0.0396. The number of likely N-dealkylation sites (N-methyl/N-ethyl adjacent to an activating group) is 1. The molecule has 1 saturated heterocycles. The van der Waals surface area contributed by atoms with Gasteiger partial charge in [0, 0.05) is 26.6 Å². The summed E-state index contributed by atoms with van der Waals surface area (Å²) < 4.78 is 1.32. The van der Waals surface area contributed by atoms with E-state index in [-0.39, 0.29) is 31.3 Å². The van der Waals surface area contributed by atoms with Crippen LogP contribution in [0.4, 0.5) is 0 Å². The lowest BCUT2D eigenvalue weighted by Gasteiger charge is -2.23. The van der Waals surface area contributed by atoms with E-state index in [1.807, 2.05) is 0 Å². The highest BCUT2D eigenvalue weighted by Crippen LogP contribution is 2.17. The van der Waals surface area contributed by atoms with Crippen LogP contribution in [-0.4, -0.2) is 58.4 Å². The third-order valence-electron chi connectivity index (χ3n) is 5.03. The smallest absolute Gasteiger partial charge is 0.328 e. The molecular weight excluding hydrogens is 378 g/mol. The normalized spacial score (nSPS) is 16.0. The van der Waals surface area contributed by atoms with Gasteiger partial charge in [-0.25, -0.2) is 4.79 Å². The van der Waals surface area contributed by atoms with Crippen LogP contribution in [0, 0.1) is 0 Å². The fraction of sp³-hybridized carbons (Fsp3) is 0.421. The predicted molar refractivity (Wildman–Crippen MR) is 105 cm³/mol. The van der Waals surface area contributed by atoms with Gasteiger partial charge in [-0.05, 0) is 25.0 Å². The van der Waals surface area contributed by atoms with Crippen molar-refractivity contribution in [3.8, 4) is 0 Å². The van der Waals surface area contributed by atoms with E-state index in [1.165, 1.54) is 16.5 Å². The van der Waals surface area contributed by atoms with Gasteiger partial charge in [-0.3, -0.25) is 28.7 Å². The number of para-hydroxylation sites is 1. The largest absolute Gasteiger partial charge is 0.357 e. The lowest BCUT2D eigenvalue weighted by atomic mass is 10.2. The summed E-state index contributed by atoms with van der Waals surface area (Å²) in [4.78, 5) is 64.1. The van der Waals surface area contributed by atoms with E-state index in [1.54, 1.807) is 24.3 Å². The molecule has 1 aromatic heterocycles. The van der Waals surface area contributed by atoms with Crippen LogP contribution >= 0.6 is 0 Å². The van der Waals surface area contributed by atoms with Gasteiger partial charge in [-0.1, -0.05) is 12.1 Å². The molecular formula is C19H23N5O5. The Hall–Kier alpha value is -3.43. The minimum Gasteiger partial charge on any atom is -0.357 e. The van der Waals surface area contributed by atoms with Crippen LogP contribution in [-0.2, 0) is 20.9 Å². The fourth-order valence-corrected chi connectivity index (χ4v) is 3.55. The van der Waals surface area contributed by atoms with Crippen molar-refractivity contribution in [3.05, 3.63) is 45.1 Å². The zero-order valence-corrected chi connectivity index (χ0v) is 16.1. The molecule has 10 heteroatoms. The van der Waals surface area contributed by atoms with Gasteiger partial charge in [-0.2, -0.15) is 0 Å². The molecule has 1 aromatic carbocycles. The molecule has 0 aliphatic carbocycles. The van der Waals surface area contributed by atoms with Crippen LogP contribution in [0.15, 0.2) is 33.9 Å². The molecule has 3 rings (SSSR count). The van der Waals surface area contributed by atoms with Gasteiger partial charge in [0.05, 0.1) is 17.4 Å². The second-order valence-corrected chi connectivity index (χ2v) is 6.81. The molecule has 1 unspecified atom stereocenters. The van der Waals surface area contributed by atoms with E-state index in [2.05, 4.69) is 15.6 Å². The second-order valence-electron chi connectivity index (χ2n) is 6.81. The number of aromatic nitrogens is 2. The monoisotopic (exact) mass is 401 g/mol. The number of nitrogens with zero attached hydrogens (tertiary/aromatic N) is 2. The molecule has 0 bridgehead atoms. The van der Waals surface area contributed by atoms with E-state index in [9.17, 15) is 24.0 Å².